The van der Waals surface area contributed by atoms with Gasteiger partial charge in [-0.3, -0.25) is 4.79 Å². The number of likely N-dealkylation sites (N-methyl/N-ethyl adjacent to an activating group) is 1. The number of hydrogen-bond acceptors (Lipinski definition) is 2. The highest BCUT2D eigenvalue weighted by molar-refractivity contribution is 6.60. The Morgan fingerprint density at radius 3 is 2.64 bits per heavy atom. The van der Waals surface area contributed by atoms with Gasteiger partial charge in [0, 0.05) is 13.5 Å². The van der Waals surface area contributed by atoms with Crippen molar-refractivity contribution in [1.82, 2.24) is 4.90 Å². The summed E-state index contributed by atoms with van der Waals surface area (Å²) in [5.41, 5.74) is -0.221. The summed E-state index contributed by atoms with van der Waals surface area (Å²) in [6, 6.07) is -0.679. The lowest BCUT2D eigenvalue weighted by molar-refractivity contribution is -0.146. The molecule has 6 heteroatoms. The van der Waals surface area contributed by atoms with E-state index in [-0.39, 0.29) is 5.68 Å². The Morgan fingerprint density at radius 1 is 1.71 bits per heavy atom. The minimum absolute atomic E-state index is 0.221. The standard InChI is InChI=1S/C8H10BF2NO2/c1-12-5(2-3-6(9)13)4-8(10,11)7(12)14/h2-3,5H,4,9H2,1H3/b3-2+/t5-/m0/s1. The predicted octanol–water partition coefficient (Wildman–Crippen LogP) is -0.432. The van der Waals surface area contributed by atoms with E-state index in [1.54, 1.807) is 0 Å². The predicted molar refractivity (Wildman–Crippen MR) is 48.8 cm³/mol. The number of carbonyl (C=O) groups excluding carboxylic acids is 2. The van der Waals surface area contributed by atoms with Crippen LogP contribution in [0.1, 0.15) is 6.42 Å². The van der Waals surface area contributed by atoms with Gasteiger partial charge in [-0.25, -0.2) is 0 Å². The first-order valence-corrected chi connectivity index (χ1v) is 4.18. The number of hydrogen-bond donors (Lipinski definition) is 0. The van der Waals surface area contributed by atoms with Crippen molar-refractivity contribution in [3.05, 3.63) is 12.2 Å². The molecule has 0 aromatic heterocycles. The highest BCUT2D eigenvalue weighted by Gasteiger charge is 2.50. The average Bonchev–Trinajstić information content (AvgIpc) is 2.26. The average molecular weight is 201 g/mol. The van der Waals surface area contributed by atoms with Crippen molar-refractivity contribution in [3.63, 3.8) is 0 Å². The molecule has 3 nitrogen and oxygen atoms in total. The molecule has 0 spiro atoms. The number of allylic oxidation sites excluding steroid dienone is 1. The molecule has 0 unspecified atom stereocenters. The molecular weight excluding hydrogens is 191 g/mol. The van der Waals surface area contributed by atoms with Crippen LogP contribution in [0.15, 0.2) is 12.2 Å². The van der Waals surface area contributed by atoms with Crippen LogP contribution < -0.4 is 0 Å². The maximum absolute atomic E-state index is 12.9. The second-order valence-corrected chi connectivity index (χ2v) is 3.36. The monoisotopic (exact) mass is 201 g/mol. The molecule has 0 aromatic carbocycles. The van der Waals surface area contributed by atoms with Crippen LogP contribution in [0.4, 0.5) is 8.78 Å². The molecule has 1 rings (SSSR count). The Balaban J connectivity index is 2.76. The van der Waals surface area contributed by atoms with E-state index in [1.807, 2.05) is 0 Å². The molecule has 1 fully saturated rings. The van der Waals surface area contributed by atoms with Crippen molar-refractivity contribution >= 4 is 19.4 Å². The van der Waals surface area contributed by atoms with Gasteiger partial charge in [0.05, 0.1) is 6.04 Å². The van der Waals surface area contributed by atoms with Crippen molar-refractivity contribution in [2.75, 3.05) is 7.05 Å². The van der Waals surface area contributed by atoms with Gasteiger partial charge in [0.25, 0.3) is 5.91 Å². The molecule has 1 heterocycles. The van der Waals surface area contributed by atoms with Crippen LogP contribution in [-0.4, -0.2) is 43.3 Å². The molecule has 0 saturated carbocycles. The van der Waals surface area contributed by atoms with Crippen molar-refractivity contribution in [1.29, 1.82) is 0 Å². The molecule has 0 aliphatic carbocycles. The van der Waals surface area contributed by atoms with Crippen LogP contribution in [-0.2, 0) is 9.59 Å². The van der Waals surface area contributed by atoms with Crippen molar-refractivity contribution in [2.24, 2.45) is 0 Å². The van der Waals surface area contributed by atoms with Crippen LogP contribution in [0.2, 0.25) is 0 Å². The normalized spacial score (nSPS) is 26.1. The molecule has 0 N–H and O–H groups in total. The number of carbonyl (C=O) groups is 2. The molecule has 1 aliphatic heterocycles. The largest absolute Gasteiger partial charge is 0.334 e. The van der Waals surface area contributed by atoms with E-state index in [1.165, 1.54) is 27.0 Å². The highest BCUT2D eigenvalue weighted by Crippen LogP contribution is 2.32. The Labute approximate surface area is 81.2 Å². The Morgan fingerprint density at radius 2 is 2.29 bits per heavy atom. The fourth-order valence-electron chi connectivity index (χ4n) is 1.34. The summed E-state index contributed by atoms with van der Waals surface area (Å²) in [6.07, 6.45) is 1.99. The minimum Gasteiger partial charge on any atom is -0.334 e. The molecule has 14 heavy (non-hydrogen) atoms. The Kier molecular flexibility index (Phi) is 2.73. The molecular formula is C8H10BF2NO2. The third kappa shape index (κ3) is 2.00. The number of amides is 1. The number of alkyl halides is 2. The zero-order valence-corrected chi connectivity index (χ0v) is 7.96. The minimum atomic E-state index is -3.29. The molecule has 1 saturated heterocycles. The van der Waals surface area contributed by atoms with E-state index >= 15 is 0 Å². The summed E-state index contributed by atoms with van der Waals surface area (Å²) < 4.78 is 25.7. The van der Waals surface area contributed by atoms with E-state index < -0.39 is 24.3 Å². The number of nitrogens with zero attached hydrogens (tertiary/aromatic N) is 1. The third-order valence-corrected chi connectivity index (χ3v) is 2.15. The molecule has 1 atom stereocenters. The summed E-state index contributed by atoms with van der Waals surface area (Å²) in [4.78, 5) is 22.5. The first-order chi connectivity index (χ1) is 6.34. The highest BCUT2D eigenvalue weighted by atomic mass is 19.3. The summed E-state index contributed by atoms with van der Waals surface area (Å²) in [5.74, 6) is -4.48. The van der Waals surface area contributed by atoms with Gasteiger partial charge in [0.1, 0.15) is 5.68 Å². The van der Waals surface area contributed by atoms with Gasteiger partial charge in [-0.1, -0.05) is 6.08 Å². The SMILES string of the molecule is BC(=O)/C=C/[C@H]1CC(F)(F)C(=O)N1C. The lowest BCUT2D eigenvalue weighted by Gasteiger charge is -2.14. The van der Waals surface area contributed by atoms with Crippen LogP contribution in [0.5, 0.6) is 0 Å². The van der Waals surface area contributed by atoms with Gasteiger partial charge < -0.3 is 9.69 Å². The van der Waals surface area contributed by atoms with Crippen LogP contribution in [0, 0.1) is 0 Å². The summed E-state index contributed by atoms with van der Waals surface area (Å²) in [6.45, 7) is 0. The van der Waals surface area contributed by atoms with Gasteiger partial charge in [0.15, 0.2) is 7.85 Å². The topological polar surface area (TPSA) is 37.4 Å². The van der Waals surface area contributed by atoms with E-state index in [0.29, 0.717) is 0 Å². The molecule has 76 valence electrons. The van der Waals surface area contributed by atoms with Crippen LogP contribution >= 0.6 is 0 Å². The van der Waals surface area contributed by atoms with Crippen molar-refractivity contribution in [3.8, 4) is 0 Å². The number of likely N-dealkylation sites (tertiary alicyclic amines) is 1. The molecule has 0 bridgehead atoms. The lowest BCUT2D eigenvalue weighted by Crippen LogP contribution is -2.32. The summed E-state index contributed by atoms with van der Waals surface area (Å²) in [7, 11) is 2.63. The molecule has 1 amide bonds. The summed E-state index contributed by atoms with van der Waals surface area (Å²) >= 11 is 0. The van der Waals surface area contributed by atoms with Crippen molar-refractivity contribution < 1.29 is 18.4 Å². The van der Waals surface area contributed by atoms with E-state index in [2.05, 4.69) is 0 Å². The van der Waals surface area contributed by atoms with E-state index in [4.69, 9.17) is 0 Å². The first-order valence-electron chi connectivity index (χ1n) is 4.18. The quantitative estimate of drug-likeness (QED) is 0.449. The van der Waals surface area contributed by atoms with Gasteiger partial charge in [-0.2, -0.15) is 8.78 Å². The zero-order valence-electron chi connectivity index (χ0n) is 7.96. The second kappa shape index (κ2) is 3.51. The van der Waals surface area contributed by atoms with Gasteiger partial charge in [-0.05, 0) is 6.08 Å². The third-order valence-electron chi connectivity index (χ3n) is 2.15. The molecule has 0 radical (unpaired) electrons. The van der Waals surface area contributed by atoms with E-state index in [0.717, 1.165) is 4.90 Å². The number of rotatable bonds is 2. The van der Waals surface area contributed by atoms with Gasteiger partial charge in [0.2, 0.25) is 0 Å². The van der Waals surface area contributed by atoms with Crippen LogP contribution in [0.25, 0.3) is 0 Å². The first kappa shape index (κ1) is 10.9. The zero-order chi connectivity index (χ0) is 10.9. The Hall–Kier alpha value is -1.20. The van der Waals surface area contributed by atoms with E-state index in [9.17, 15) is 18.4 Å². The maximum atomic E-state index is 12.9. The fourth-order valence-corrected chi connectivity index (χ4v) is 1.34. The molecule has 1 aliphatic rings. The van der Waals surface area contributed by atoms with Crippen LogP contribution in [0.3, 0.4) is 0 Å². The smallest absolute Gasteiger partial charge is 0.327 e. The van der Waals surface area contributed by atoms with Crippen molar-refractivity contribution in [2.45, 2.75) is 18.4 Å². The number of halogens is 2. The molecule has 0 aromatic rings. The maximum Gasteiger partial charge on any atom is 0.327 e. The second-order valence-electron chi connectivity index (χ2n) is 3.36. The Bertz CT molecular complexity index is 304. The van der Waals surface area contributed by atoms with Gasteiger partial charge in [-0.15, -0.1) is 0 Å². The fraction of sp³-hybridized carbons (Fsp3) is 0.500. The van der Waals surface area contributed by atoms with Gasteiger partial charge >= 0.3 is 5.92 Å². The summed E-state index contributed by atoms with van der Waals surface area (Å²) in [5, 5.41) is 0. The lowest BCUT2D eigenvalue weighted by atomic mass is 10.0.